The lowest BCUT2D eigenvalue weighted by molar-refractivity contribution is 0.0941. The van der Waals surface area contributed by atoms with Gasteiger partial charge >= 0.3 is 0 Å². The van der Waals surface area contributed by atoms with Gasteiger partial charge in [-0.3, -0.25) is 4.79 Å². The molecule has 1 rings (SSSR count). The van der Waals surface area contributed by atoms with Crippen LogP contribution in [0.5, 0.6) is 11.5 Å². The van der Waals surface area contributed by atoms with Gasteiger partial charge in [0.15, 0.2) is 0 Å². The van der Waals surface area contributed by atoms with Crippen LogP contribution >= 0.6 is 0 Å². The molecule has 1 atom stereocenters. The molecule has 104 valence electrons. The Kier molecular flexibility index (Phi) is 5.23. The van der Waals surface area contributed by atoms with E-state index in [1.807, 2.05) is 6.92 Å². The molecule has 0 spiro atoms. The van der Waals surface area contributed by atoms with Gasteiger partial charge in [-0.25, -0.2) is 0 Å². The molecule has 1 aromatic rings. The molecule has 0 aliphatic rings. The Balaban J connectivity index is 3.04. The van der Waals surface area contributed by atoms with Gasteiger partial charge in [0.25, 0.3) is 5.91 Å². The van der Waals surface area contributed by atoms with E-state index in [1.165, 1.54) is 14.2 Å². The quantitative estimate of drug-likeness (QED) is 0.608. The maximum Gasteiger partial charge on any atom is 0.253 e. The maximum atomic E-state index is 12.2. The molecule has 19 heavy (non-hydrogen) atoms. The van der Waals surface area contributed by atoms with Crippen LogP contribution in [0.25, 0.3) is 0 Å². The second-order valence-corrected chi connectivity index (χ2v) is 4.19. The average Bonchev–Trinajstić information content (AvgIpc) is 2.39. The van der Waals surface area contributed by atoms with E-state index in [1.54, 1.807) is 18.2 Å². The molecule has 0 radical (unpaired) electrons. The molecular formula is C14H20N2O3. The molecular weight excluding hydrogens is 244 g/mol. The number of nitrogen functional groups attached to an aromatic ring is 1. The summed E-state index contributed by atoms with van der Waals surface area (Å²) in [7, 11) is 3.01. The van der Waals surface area contributed by atoms with Crippen LogP contribution in [-0.2, 0) is 0 Å². The van der Waals surface area contributed by atoms with E-state index < -0.39 is 0 Å². The molecule has 0 fully saturated rings. The lowest BCUT2D eigenvalue weighted by atomic mass is 10.1. The highest BCUT2D eigenvalue weighted by molar-refractivity contribution is 6.01. The number of carbonyl (C=O) groups is 1. The molecule has 1 aromatic carbocycles. The van der Waals surface area contributed by atoms with Crippen LogP contribution < -0.4 is 20.5 Å². The summed E-state index contributed by atoms with van der Waals surface area (Å²) in [6.07, 6.45) is 2.44. The number of hydrogen-bond donors (Lipinski definition) is 2. The third kappa shape index (κ3) is 3.64. The minimum absolute atomic E-state index is 0.0124. The zero-order valence-corrected chi connectivity index (χ0v) is 11.5. The number of nitrogens with one attached hydrogen (secondary N) is 1. The molecule has 5 nitrogen and oxygen atoms in total. The summed E-state index contributed by atoms with van der Waals surface area (Å²) in [6, 6.07) is 3.22. The normalized spacial score (nSPS) is 11.5. The van der Waals surface area contributed by atoms with Crippen molar-refractivity contribution in [2.45, 2.75) is 19.4 Å². The van der Waals surface area contributed by atoms with E-state index in [0.717, 1.165) is 0 Å². The van der Waals surface area contributed by atoms with E-state index in [0.29, 0.717) is 29.2 Å². The van der Waals surface area contributed by atoms with E-state index in [9.17, 15) is 4.79 Å². The van der Waals surface area contributed by atoms with E-state index >= 15 is 0 Å². The van der Waals surface area contributed by atoms with Crippen molar-refractivity contribution in [2.75, 3.05) is 20.0 Å². The highest BCUT2D eigenvalue weighted by atomic mass is 16.5. The largest absolute Gasteiger partial charge is 0.497 e. The zero-order chi connectivity index (χ0) is 14.4. The van der Waals surface area contributed by atoms with Gasteiger partial charge in [-0.1, -0.05) is 6.08 Å². The minimum atomic E-state index is -0.260. The zero-order valence-electron chi connectivity index (χ0n) is 11.5. The number of methoxy groups -OCH3 is 2. The summed E-state index contributed by atoms with van der Waals surface area (Å²) >= 11 is 0. The molecule has 1 unspecified atom stereocenters. The Hall–Kier alpha value is -2.17. The van der Waals surface area contributed by atoms with Crippen LogP contribution in [-0.4, -0.2) is 26.2 Å². The number of amides is 1. The third-order valence-corrected chi connectivity index (χ3v) is 2.71. The maximum absolute atomic E-state index is 12.2. The number of hydrogen-bond acceptors (Lipinski definition) is 4. The van der Waals surface area contributed by atoms with Crippen molar-refractivity contribution in [1.82, 2.24) is 5.32 Å². The van der Waals surface area contributed by atoms with Gasteiger partial charge in [-0.05, 0) is 19.4 Å². The first-order valence-electron chi connectivity index (χ1n) is 5.96. The van der Waals surface area contributed by atoms with Crippen LogP contribution in [0.2, 0.25) is 0 Å². The molecule has 0 saturated heterocycles. The summed E-state index contributed by atoms with van der Waals surface area (Å²) in [4.78, 5) is 12.2. The second-order valence-electron chi connectivity index (χ2n) is 4.19. The van der Waals surface area contributed by atoms with Gasteiger partial charge in [0.05, 0.1) is 25.5 Å². The van der Waals surface area contributed by atoms with Gasteiger partial charge in [-0.15, -0.1) is 6.58 Å². The van der Waals surface area contributed by atoms with Gasteiger partial charge in [0.2, 0.25) is 0 Å². The first-order valence-corrected chi connectivity index (χ1v) is 5.96. The smallest absolute Gasteiger partial charge is 0.253 e. The number of ether oxygens (including phenoxy) is 2. The molecule has 3 N–H and O–H groups in total. The number of carbonyl (C=O) groups excluding carboxylic acids is 1. The Bertz CT molecular complexity index is 472. The Labute approximate surface area is 113 Å². The van der Waals surface area contributed by atoms with Crippen molar-refractivity contribution < 1.29 is 14.3 Å². The molecule has 0 saturated carbocycles. The molecule has 1 amide bonds. The molecule has 0 heterocycles. The van der Waals surface area contributed by atoms with Crippen LogP contribution in [0.3, 0.4) is 0 Å². The summed E-state index contributed by atoms with van der Waals surface area (Å²) in [5, 5.41) is 2.84. The predicted octanol–water partition coefficient (Wildman–Crippen LogP) is 1.98. The lowest BCUT2D eigenvalue weighted by Gasteiger charge is -2.15. The molecule has 0 aliphatic carbocycles. The van der Waals surface area contributed by atoms with Crippen LogP contribution in [0.4, 0.5) is 5.69 Å². The second kappa shape index (κ2) is 6.68. The average molecular weight is 264 g/mol. The topological polar surface area (TPSA) is 73.6 Å². The fourth-order valence-corrected chi connectivity index (χ4v) is 1.69. The van der Waals surface area contributed by atoms with Crippen LogP contribution in [0.1, 0.15) is 23.7 Å². The first kappa shape index (κ1) is 14.9. The van der Waals surface area contributed by atoms with E-state index in [4.69, 9.17) is 15.2 Å². The van der Waals surface area contributed by atoms with E-state index in [-0.39, 0.29) is 11.9 Å². The predicted molar refractivity (Wildman–Crippen MR) is 75.7 cm³/mol. The fraction of sp³-hybridized carbons (Fsp3) is 0.357. The highest BCUT2D eigenvalue weighted by Gasteiger charge is 2.17. The lowest BCUT2D eigenvalue weighted by Crippen LogP contribution is -2.32. The monoisotopic (exact) mass is 264 g/mol. The molecule has 0 aromatic heterocycles. The molecule has 0 bridgehead atoms. The van der Waals surface area contributed by atoms with Gasteiger partial charge in [0.1, 0.15) is 11.5 Å². The van der Waals surface area contributed by atoms with Crippen molar-refractivity contribution in [3.8, 4) is 11.5 Å². The molecule has 5 heteroatoms. The summed E-state index contributed by atoms with van der Waals surface area (Å²) in [5.74, 6) is 0.678. The van der Waals surface area contributed by atoms with E-state index in [2.05, 4.69) is 11.9 Å². The van der Waals surface area contributed by atoms with Crippen molar-refractivity contribution in [2.24, 2.45) is 0 Å². The molecule has 0 aliphatic heterocycles. The Morgan fingerprint density at radius 1 is 1.47 bits per heavy atom. The number of nitrogens with two attached hydrogens (primary N) is 1. The first-order chi connectivity index (χ1) is 9.03. The minimum Gasteiger partial charge on any atom is -0.497 e. The number of rotatable bonds is 6. The van der Waals surface area contributed by atoms with Crippen molar-refractivity contribution in [1.29, 1.82) is 0 Å². The van der Waals surface area contributed by atoms with Gasteiger partial charge in [-0.2, -0.15) is 0 Å². The standard InChI is InChI=1S/C14H20N2O3/c1-5-6-9(2)16-14(17)11-7-10(18-3)8-12(19-4)13(11)15/h5,7-9H,1,6,15H2,2-4H3,(H,16,17). The highest BCUT2D eigenvalue weighted by Crippen LogP contribution is 2.31. The van der Waals surface area contributed by atoms with Crippen LogP contribution in [0, 0.1) is 0 Å². The number of anilines is 1. The summed E-state index contributed by atoms with van der Waals surface area (Å²) < 4.78 is 10.3. The summed E-state index contributed by atoms with van der Waals surface area (Å²) in [6.45, 7) is 5.53. The summed E-state index contributed by atoms with van der Waals surface area (Å²) in [5.41, 5.74) is 6.54. The third-order valence-electron chi connectivity index (χ3n) is 2.71. The fourth-order valence-electron chi connectivity index (χ4n) is 1.69. The Morgan fingerprint density at radius 2 is 2.16 bits per heavy atom. The van der Waals surface area contributed by atoms with Gasteiger partial charge in [0, 0.05) is 12.1 Å². The van der Waals surface area contributed by atoms with Gasteiger partial charge < -0.3 is 20.5 Å². The van der Waals surface area contributed by atoms with Crippen molar-refractivity contribution >= 4 is 11.6 Å². The van der Waals surface area contributed by atoms with Crippen LogP contribution in [0.15, 0.2) is 24.8 Å². The SMILES string of the molecule is C=CCC(C)NC(=O)c1cc(OC)cc(OC)c1N. The van der Waals surface area contributed by atoms with Crippen molar-refractivity contribution in [3.05, 3.63) is 30.4 Å². The number of benzene rings is 1. The van der Waals surface area contributed by atoms with Crippen molar-refractivity contribution in [3.63, 3.8) is 0 Å². The Morgan fingerprint density at radius 3 is 2.68 bits per heavy atom.